The molecule has 0 bridgehead atoms. The summed E-state index contributed by atoms with van der Waals surface area (Å²) in [7, 11) is 2.10. The first-order valence-electron chi connectivity index (χ1n) is 11.3. The number of carbonyl (C=O) groups is 1. The number of halogens is 1. The number of benzene rings is 1. The Morgan fingerprint density at radius 1 is 1.33 bits per heavy atom. The highest BCUT2D eigenvalue weighted by molar-refractivity contribution is 6.32. The van der Waals surface area contributed by atoms with Crippen LogP contribution >= 0.6 is 11.6 Å². The van der Waals surface area contributed by atoms with E-state index >= 15 is 0 Å². The van der Waals surface area contributed by atoms with Gasteiger partial charge in [-0.2, -0.15) is 15.2 Å². The normalized spacial score (nSPS) is 23.5. The molecule has 2 fully saturated rings. The summed E-state index contributed by atoms with van der Waals surface area (Å²) >= 11 is 6.32. The number of likely N-dealkylation sites (N-methyl/N-ethyl adjacent to an activating group) is 1. The predicted octanol–water partition coefficient (Wildman–Crippen LogP) is 3.24. The second-order valence-electron chi connectivity index (χ2n) is 8.92. The van der Waals surface area contributed by atoms with E-state index in [0.29, 0.717) is 53.7 Å². The van der Waals surface area contributed by atoms with Gasteiger partial charge in [0.2, 0.25) is 5.91 Å². The van der Waals surface area contributed by atoms with E-state index in [9.17, 15) is 10.1 Å². The molecule has 0 aliphatic carbocycles. The molecule has 0 radical (unpaired) electrons. The Labute approximate surface area is 199 Å². The molecule has 33 heavy (non-hydrogen) atoms. The molecule has 3 atom stereocenters. The average Bonchev–Trinajstić information content (AvgIpc) is 3.22. The van der Waals surface area contributed by atoms with Crippen LogP contribution in [0.2, 0.25) is 5.02 Å². The lowest BCUT2D eigenvalue weighted by Gasteiger charge is -2.44. The molecule has 2 aliphatic heterocycles. The molecule has 8 nitrogen and oxygen atoms in total. The van der Waals surface area contributed by atoms with Crippen molar-refractivity contribution in [3.05, 3.63) is 35.4 Å². The molecular formula is C24H29ClN6O2. The smallest absolute Gasteiger partial charge is 0.319 e. The number of rotatable bonds is 5. The standard InChI is InChI=1S/C24H29ClN6O2/c1-5-22(32)30-12-16(3)31(13-15(30)2)23-19-9-17(11-26)20(25)10-21(19)27-24(28-23)33-14-18-7-6-8-29(18)4/h5,9-10,15-16,18H,1,6-8,12-14H2,2-4H3/t15-,16+,18+/m1/s1. The first-order chi connectivity index (χ1) is 15.8. The van der Waals surface area contributed by atoms with E-state index in [1.165, 1.54) is 6.08 Å². The maximum absolute atomic E-state index is 12.3. The molecule has 1 amide bonds. The summed E-state index contributed by atoms with van der Waals surface area (Å²) in [5.74, 6) is 0.609. The van der Waals surface area contributed by atoms with Crippen LogP contribution in [0.15, 0.2) is 24.8 Å². The molecule has 2 aliphatic rings. The van der Waals surface area contributed by atoms with Crippen molar-refractivity contribution >= 4 is 34.2 Å². The highest BCUT2D eigenvalue weighted by Crippen LogP contribution is 2.33. The monoisotopic (exact) mass is 468 g/mol. The van der Waals surface area contributed by atoms with Crippen molar-refractivity contribution in [1.82, 2.24) is 19.8 Å². The number of amides is 1. The maximum atomic E-state index is 12.3. The fourth-order valence-electron chi connectivity index (χ4n) is 4.69. The molecule has 4 rings (SSSR count). The summed E-state index contributed by atoms with van der Waals surface area (Å²) in [6.07, 6.45) is 3.60. The van der Waals surface area contributed by atoms with Crippen LogP contribution < -0.4 is 9.64 Å². The summed E-state index contributed by atoms with van der Waals surface area (Å²) in [6, 6.07) is 6.17. The van der Waals surface area contributed by atoms with Crippen LogP contribution in [0.5, 0.6) is 6.01 Å². The first kappa shape index (κ1) is 23.3. The molecule has 0 spiro atoms. The van der Waals surface area contributed by atoms with Gasteiger partial charge >= 0.3 is 6.01 Å². The van der Waals surface area contributed by atoms with Gasteiger partial charge in [0.15, 0.2) is 0 Å². The van der Waals surface area contributed by atoms with E-state index in [0.717, 1.165) is 24.8 Å². The van der Waals surface area contributed by atoms with E-state index in [2.05, 4.69) is 41.4 Å². The molecule has 9 heteroatoms. The molecule has 0 saturated carbocycles. The van der Waals surface area contributed by atoms with Crippen LogP contribution in [-0.4, -0.2) is 77.1 Å². The van der Waals surface area contributed by atoms with Crippen molar-refractivity contribution in [3.8, 4) is 12.1 Å². The van der Waals surface area contributed by atoms with Gasteiger partial charge in [-0.1, -0.05) is 18.2 Å². The minimum absolute atomic E-state index is 0.00164. The van der Waals surface area contributed by atoms with Crippen LogP contribution in [0.4, 0.5) is 5.82 Å². The maximum Gasteiger partial charge on any atom is 0.319 e. The molecule has 0 unspecified atom stereocenters. The largest absolute Gasteiger partial charge is 0.462 e. The van der Waals surface area contributed by atoms with Gasteiger partial charge < -0.3 is 19.4 Å². The zero-order valence-electron chi connectivity index (χ0n) is 19.3. The minimum Gasteiger partial charge on any atom is -0.462 e. The topological polar surface area (TPSA) is 85.6 Å². The van der Waals surface area contributed by atoms with Crippen molar-refractivity contribution in [3.63, 3.8) is 0 Å². The Hall–Kier alpha value is -2.89. The van der Waals surface area contributed by atoms with Gasteiger partial charge in [0.25, 0.3) is 0 Å². The van der Waals surface area contributed by atoms with Crippen LogP contribution in [0.25, 0.3) is 10.9 Å². The third-order valence-corrected chi connectivity index (χ3v) is 6.97. The molecule has 1 aromatic carbocycles. The fraction of sp³-hybridized carbons (Fsp3) is 0.500. The summed E-state index contributed by atoms with van der Waals surface area (Å²) in [5, 5.41) is 10.6. The van der Waals surface area contributed by atoms with Gasteiger partial charge in [0.1, 0.15) is 18.5 Å². The molecule has 2 aromatic rings. The lowest BCUT2D eigenvalue weighted by molar-refractivity contribution is -0.128. The number of piperazine rings is 1. The van der Waals surface area contributed by atoms with E-state index in [1.807, 2.05) is 11.8 Å². The zero-order chi connectivity index (χ0) is 23.7. The lowest BCUT2D eigenvalue weighted by Crippen LogP contribution is -2.58. The quantitative estimate of drug-likeness (QED) is 0.622. The third-order valence-electron chi connectivity index (χ3n) is 6.66. The highest BCUT2D eigenvalue weighted by Gasteiger charge is 2.33. The molecule has 0 N–H and O–H groups in total. The number of hydrogen-bond acceptors (Lipinski definition) is 7. The van der Waals surface area contributed by atoms with E-state index < -0.39 is 0 Å². The Morgan fingerprint density at radius 2 is 2.12 bits per heavy atom. The lowest BCUT2D eigenvalue weighted by atomic mass is 10.1. The number of hydrogen-bond donors (Lipinski definition) is 0. The highest BCUT2D eigenvalue weighted by atomic mass is 35.5. The minimum atomic E-state index is -0.0789. The molecule has 3 heterocycles. The summed E-state index contributed by atoms with van der Waals surface area (Å²) < 4.78 is 6.06. The number of aromatic nitrogens is 2. The van der Waals surface area contributed by atoms with Crippen LogP contribution in [0.3, 0.4) is 0 Å². The van der Waals surface area contributed by atoms with Crippen molar-refractivity contribution in [2.75, 3.05) is 38.2 Å². The Morgan fingerprint density at radius 3 is 2.79 bits per heavy atom. The second-order valence-corrected chi connectivity index (χ2v) is 9.33. The van der Waals surface area contributed by atoms with Crippen LogP contribution in [0, 0.1) is 11.3 Å². The number of nitrogens with zero attached hydrogens (tertiary/aromatic N) is 6. The number of fused-ring (bicyclic) bond motifs is 1. The Kier molecular flexibility index (Phi) is 6.73. The van der Waals surface area contributed by atoms with Gasteiger partial charge in [-0.3, -0.25) is 4.79 Å². The number of likely N-dealkylation sites (tertiary alicyclic amines) is 1. The van der Waals surface area contributed by atoms with E-state index in [1.54, 1.807) is 12.1 Å². The number of ether oxygens (including phenoxy) is 1. The number of nitriles is 1. The van der Waals surface area contributed by atoms with Gasteiger partial charge in [-0.25, -0.2) is 0 Å². The Balaban J connectivity index is 1.72. The number of carbonyl (C=O) groups excluding carboxylic acids is 1. The summed E-state index contributed by atoms with van der Waals surface area (Å²) in [4.78, 5) is 27.9. The number of anilines is 1. The SMILES string of the molecule is C=CC(=O)N1C[C@H](C)N(c2nc(OC[C@@H]3CCCN3C)nc3cc(Cl)c(C#N)cc23)C[C@H]1C. The van der Waals surface area contributed by atoms with Gasteiger partial charge in [-0.05, 0) is 58.5 Å². The van der Waals surface area contributed by atoms with Gasteiger partial charge in [-0.15, -0.1) is 0 Å². The molecule has 1 aromatic heterocycles. The predicted molar refractivity (Wildman–Crippen MR) is 129 cm³/mol. The zero-order valence-corrected chi connectivity index (χ0v) is 20.0. The van der Waals surface area contributed by atoms with E-state index in [-0.39, 0.29) is 18.0 Å². The molecule has 174 valence electrons. The molecular weight excluding hydrogens is 440 g/mol. The summed E-state index contributed by atoms with van der Waals surface area (Å²) in [6.45, 7) is 10.4. The first-order valence-corrected chi connectivity index (χ1v) is 11.6. The molecule has 2 saturated heterocycles. The average molecular weight is 469 g/mol. The third kappa shape index (κ3) is 4.61. The van der Waals surface area contributed by atoms with Crippen molar-refractivity contribution in [1.29, 1.82) is 5.26 Å². The van der Waals surface area contributed by atoms with Crippen LogP contribution in [0.1, 0.15) is 32.3 Å². The Bertz CT molecular complexity index is 1120. The van der Waals surface area contributed by atoms with Gasteiger partial charge in [0, 0.05) is 36.6 Å². The van der Waals surface area contributed by atoms with Crippen molar-refractivity contribution in [2.45, 2.75) is 44.8 Å². The van der Waals surface area contributed by atoms with Crippen LogP contribution in [-0.2, 0) is 4.79 Å². The van der Waals surface area contributed by atoms with Gasteiger partial charge in [0.05, 0.1) is 16.1 Å². The second kappa shape index (κ2) is 9.54. The fourth-order valence-corrected chi connectivity index (χ4v) is 4.89. The summed E-state index contributed by atoms with van der Waals surface area (Å²) in [5.41, 5.74) is 1.000. The van der Waals surface area contributed by atoms with E-state index in [4.69, 9.17) is 21.3 Å². The van der Waals surface area contributed by atoms with Crippen molar-refractivity contribution in [2.24, 2.45) is 0 Å². The van der Waals surface area contributed by atoms with Crippen molar-refractivity contribution < 1.29 is 9.53 Å².